The number of aliphatic hydroxyl groups is 1. The van der Waals surface area contributed by atoms with Gasteiger partial charge in [0, 0.05) is 0 Å². The average molecular weight is 288 g/mol. The molecule has 104 valence electrons. The number of phosphoric acid groups is 1. The minimum Gasteiger partial charge on any atom is -0.481 e. The second-order valence-electron chi connectivity index (χ2n) is 3.10. The lowest BCUT2D eigenvalue weighted by Gasteiger charge is -2.19. The van der Waals surface area contributed by atoms with Crippen molar-refractivity contribution in [3.05, 3.63) is 0 Å². The summed E-state index contributed by atoms with van der Waals surface area (Å²) in [5, 5.41) is 26.2. The summed E-state index contributed by atoms with van der Waals surface area (Å²) in [4.78, 5) is 51.6. The molecule has 1 unspecified atom stereocenters. The molecule has 0 aliphatic heterocycles. The van der Waals surface area contributed by atoms with E-state index < -0.39 is 44.2 Å². The van der Waals surface area contributed by atoms with Crippen LogP contribution < -0.4 is 0 Å². The number of rotatable bonds is 7. The minimum atomic E-state index is -5.12. The summed E-state index contributed by atoms with van der Waals surface area (Å²) in [6, 6.07) is 0. The first-order chi connectivity index (χ1) is 7.96. The van der Waals surface area contributed by atoms with Gasteiger partial charge in [0.05, 0.1) is 12.8 Å². The lowest BCUT2D eigenvalue weighted by Crippen LogP contribution is -2.43. The molecule has 11 nitrogen and oxygen atoms in total. The van der Waals surface area contributed by atoms with Crippen molar-refractivity contribution in [3.8, 4) is 0 Å². The summed E-state index contributed by atoms with van der Waals surface area (Å²) < 4.78 is 13.4. The Bertz CT molecular complexity index is 396. The van der Waals surface area contributed by atoms with E-state index in [1.54, 1.807) is 0 Å². The normalized spacial score (nSPS) is 14.6. The Kier molecular flexibility index (Phi) is 5.39. The predicted molar refractivity (Wildman–Crippen MR) is 48.7 cm³/mol. The Hall–Kier alpha value is -1.52. The molecule has 0 aromatic heterocycles. The molecule has 0 rings (SSSR count). The van der Waals surface area contributed by atoms with E-state index in [9.17, 15) is 24.1 Å². The van der Waals surface area contributed by atoms with Crippen LogP contribution >= 0.6 is 7.82 Å². The standard InChI is InChI=1S/C6H9O11P/c7-3(8)1-6(12,5(10)11)2-4(9)16-17-18(13,14)15/h12H,1-2H2,(H,7,8)(H,10,11)(H2,13,14,15). The topological polar surface area (TPSA) is 188 Å². The van der Waals surface area contributed by atoms with Gasteiger partial charge in [-0.2, -0.15) is 0 Å². The zero-order chi connectivity index (χ0) is 14.6. The molecule has 0 amide bonds. The third kappa shape index (κ3) is 6.27. The maximum absolute atomic E-state index is 10.9. The van der Waals surface area contributed by atoms with Gasteiger partial charge in [-0.3, -0.25) is 9.68 Å². The van der Waals surface area contributed by atoms with Gasteiger partial charge in [0.25, 0.3) is 0 Å². The van der Waals surface area contributed by atoms with Gasteiger partial charge in [-0.05, 0) is 0 Å². The van der Waals surface area contributed by atoms with Crippen LogP contribution in [-0.2, 0) is 28.5 Å². The van der Waals surface area contributed by atoms with Crippen LogP contribution in [0.1, 0.15) is 12.8 Å². The van der Waals surface area contributed by atoms with Crippen LogP contribution in [-0.4, -0.2) is 48.6 Å². The Labute approximate surface area is 98.7 Å². The second-order valence-corrected chi connectivity index (χ2v) is 4.23. The number of hydrogen-bond acceptors (Lipinski definition) is 7. The van der Waals surface area contributed by atoms with Crippen LogP contribution in [0.2, 0.25) is 0 Å². The molecule has 0 aliphatic carbocycles. The summed E-state index contributed by atoms with van der Waals surface area (Å²) in [6.07, 6.45) is -2.68. The number of carboxylic acid groups (broad SMARTS) is 2. The van der Waals surface area contributed by atoms with E-state index in [1.165, 1.54) is 0 Å². The van der Waals surface area contributed by atoms with Crippen molar-refractivity contribution in [1.82, 2.24) is 0 Å². The van der Waals surface area contributed by atoms with Crippen molar-refractivity contribution < 1.29 is 53.6 Å². The Balaban J connectivity index is 4.61. The van der Waals surface area contributed by atoms with Gasteiger partial charge in [0.15, 0.2) is 5.60 Å². The maximum atomic E-state index is 10.9. The zero-order valence-electron chi connectivity index (χ0n) is 8.55. The monoisotopic (exact) mass is 288 g/mol. The number of hydrogen-bond donors (Lipinski definition) is 5. The third-order valence-corrected chi connectivity index (χ3v) is 1.77. The molecule has 0 spiro atoms. The largest absolute Gasteiger partial charge is 0.505 e. The summed E-state index contributed by atoms with van der Waals surface area (Å²) in [6.45, 7) is 0. The molecule has 0 saturated heterocycles. The van der Waals surface area contributed by atoms with E-state index in [0.717, 1.165) is 0 Å². The molecular weight excluding hydrogens is 279 g/mol. The number of carboxylic acids is 2. The maximum Gasteiger partial charge on any atom is 0.505 e. The van der Waals surface area contributed by atoms with Crippen molar-refractivity contribution in [2.24, 2.45) is 0 Å². The van der Waals surface area contributed by atoms with E-state index in [4.69, 9.17) is 20.0 Å². The molecular formula is C6H9O11P. The molecule has 0 fully saturated rings. The first-order valence-corrected chi connectivity index (χ1v) is 5.61. The summed E-state index contributed by atoms with van der Waals surface area (Å²) in [5.74, 6) is -5.38. The van der Waals surface area contributed by atoms with Crippen LogP contribution in [0.3, 0.4) is 0 Å². The van der Waals surface area contributed by atoms with Gasteiger partial charge in [-0.25, -0.2) is 14.2 Å². The predicted octanol–water partition coefficient (Wildman–Crippen LogP) is -1.77. The van der Waals surface area contributed by atoms with Crippen LogP contribution in [0, 0.1) is 0 Å². The van der Waals surface area contributed by atoms with Gasteiger partial charge in [-0.1, -0.05) is 4.67 Å². The first kappa shape index (κ1) is 16.5. The van der Waals surface area contributed by atoms with Crippen molar-refractivity contribution in [1.29, 1.82) is 0 Å². The van der Waals surface area contributed by atoms with E-state index >= 15 is 0 Å². The third-order valence-electron chi connectivity index (χ3n) is 1.51. The van der Waals surface area contributed by atoms with Crippen molar-refractivity contribution in [2.75, 3.05) is 0 Å². The second kappa shape index (κ2) is 5.89. The quantitative estimate of drug-likeness (QED) is 0.202. The number of carbonyl (C=O) groups is 3. The fourth-order valence-electron chi connectivity index (χ4n) is 0.822. The van der Waals surface area contributed by atoms with Crippen LogP contribution in [0.15, 0.2) is 0 Å². The van der Waals surface area contributed by atoms with Gasteiger partial charge >= 0.3 is 25.7 Å². The van der Waals surface area contributed by atoms with Crippen LogP contribution in [0.4, 0.5) is 0 Å². The summed E-state index contributed by atoms with van der Waals surface area (Å²) in [5.41, 5.74) is -2.97. The molecule has 0 saturated carbocycles. The van der Waals surface area contributed by atoms with E-state index in [2.05, 4.69) is 9.56 Å². The Morgan fingerprint density at radius 2 is 1.61 bits per heavy atom. The fourth-order valence-corrected chi connectivity index (χ4v) is 1.00. The summed E-state index contributed by atoms with van der Waals surface area (Å²) >= 11 is 0. The Morgan fingerprint density at radius 3 is 1.94 bits per heavy atom. The molecule has 12 heteroatoms. The highest BCUT2D eigenvalue weighted by Gasteiger charge is 2.42. The number of aliphatic carboxylic acids is 2. The SMILES string of the molecule is O=C(O)CC(O)(CC(=O)OOP(=O)(O)O)C(=O)O. The molecule has 1 atom stereocenters. The molecule has 0 aliphatic rings. The van der Waals surface area contributed by atoms with E-state index in [0.29, 0.717) is 0 Å². The van der Waals surface area contributed by atoms with Crippen molar-refractivity contribution in [2.45, 2.75) is 18.4 Å². The average Bonchev–Trinajstić information content (AvgIpc) is 2.11. The highest BCUT2D eigenvalue weighted by Crippen LogP contribution is 2.36. The lowest BCUT2D eigenvalue weighted by molar-refractivity contribution is -0.227. The van der Waals surface area contributed by atoms with Gasteiger partial charge in [-0.15, -0.1) is 0 Å². The highest BCUT2D eigenvalue weighted by molar-refractivity contribution is 7.46. The number of carbonyl (C=O) groups excluding carboxylic acids is 1. The zero-order valence-corrected chi connectivity index (χ0v) is 9.44. The molecule has 0 aromatic carbocycles. The molecule has 0 bridgehead atoms. The molecule has 5 N–H and O–H groups in total. The van der Waals surface area contributed by atoms with Crippen molar-refractivity contribution >= 4 is 25.7 Å². The Morgan fingerprint density at radius 1 is 1.11 bits per heavy atom. The van der Waals surface area contributed by atoms with Gasteiger partial charge in [0.2, 0.25) is 0 Å². The van der Waals surface area contributed by atoms with Gasteiger partial charge < -0.3 is 25.1 Å². The lowest BCUT2D eigenvalue weighted by atomic mass is 9.96. The summed E-state index contributed by atoms with van der Waals surface area (Å²) in [7, 11) is -5.12. The first-order valence-electron chi connectivity index (χ1n) is 4.08. The van der Waals surface area contributed by atoms with E-state index in [-0.39, 0.29) is 0 Å². The van der Waals surface area contributed by atoms with Crippen LogP contribution in [0.5, 0.6) is 0 Å². The van der Waals surface area contributed by atoms with Crippen molar-refractivity contribution in [3.63, 3.8) is 0 Å². The van der Waals surface area contributed by atoms with Gasteiger partial charge in [0.1, 0.15) is 0 Å². The molecule has 0 radical (unpaired) electrons. The highest BCUT2D eigenvalue weighted by atomic mass is 31.2. The molecule has 18 heavy (non-hydrogen) atoms. The van der Waals surface area contributed by atoms with E-state index in [1.807, 2.05) is 0 Å². The molecule has 0 heterocycles. The van der Waals surface area contributed by atoms with Crippen LogP contribution in [0.25, 0.3) is 0 Å². The fraction of sp³-hybridized carbons (Fsp3) is 0.500. The molecule has 0 aromatic rings. The smallest absolute Gasteiger partial charge is 0.481 e. The minimum absolute atomic E-state index is 1.31.